The lowest BCUT2D eigenvalue weighted by atomic mass is 10.2. The summed E-state index contributed by atoms with van der Waals surface area (Å²) in [6, 6.07) is 13.9. The van der Waals surface area contributed by atoms with Crippen molar-refractivity contribution in [2.24, 2.45) is 0 Å². The Hall–Kier alpha value is -1.86. The van der Waals surface area contributed by atoms with Gasteiger partial charge in [0.05, 0.1) is 0 Å². The van der Waals surface area contributed by atoms with Gasteiger partial charge < -0.3 is 4.90 Å². The van der Waals surface area contributed by atoms with Crippen molar-refractivity contribution in [1.82, 2.24) is 4.98 Å². The Morgan fingerprint density at radius 3 is 2.89 bits per heavy atom. The molecule has 0 amide bonds. The number of nitriles is 1. The average molecular weight is 302 g/mol. The maximum absolute atomic E-state index is 8.83. The standard InChI is InChI=1S/C14H12BrN3/c1-18(10-11-3-2-4-12(15)7-11)14-5-6-17-13(8-14)9-16/h2-8H,10H2,1H3. The van der Waals surface area contributed by atoms with Gasteiger partial charge in [-0.3, -0.25) is 0 Å². The number of pyridine rings is 1. The van der Waals surface area contributed by atoms with Crippen LogP contribution in [0.4, 0.5) is 5.69 Å². The lowest BCUT2D eigenvalue weighted by Gasteiger charge is -2.19. The van der Waals surface area contributed by atoms with E-state index in [4.69, 9.17) is 5.26 Å². The van der Waals surface area contributed by atoms with Gasteiger partial charge >= 0.3 is 0 Å². The molecule has 18 heavy (non-hydrogen) atoms. The molecule has 2 rings (SSSR count). The van der Waals surface area contributed by atoms with Crippen LogP contribution in [0.25, 0.3) is 0 Å². The van der Waals surface area contributed by atoms with E-state index in [0.717, 1.165) is 16.7 Å². The molecule has 0 atom stereocenters. The highest BCUT2D eigenvalue weighted by atomic mass is 79.9. The third kappa shape index (κ3) is 3.08. The zero-order valence-electron chi connectivity index (χ0n) is 9.97. The summed E-state index contributed by atoms with van der Waals surface area (Å²) in [6.45, 7) is 0.786. The van der Waals surface area contributed by atoms with Crippen LogP contribution in [-0.4, -0.2) is 12.0 Å². The third-order valence-electron chi connectivity index (χ3n) is 2.61. The molecule has 0 radical (unpaired) electrons. The first-order chi connectivity index (χ1) is 8.69. The quantitative estimate of drug-likeness (QED) is 0.873. The van der Waals surface area contributed by atoms with Gasteiger partial charge in [0.2, 0.25) is 0 Å². The summed E-state index contributed by atoms with van der Waals surface area (Å²) >= 11 is 3.46. The maximum atomic E-state index is 8.83. The molecule has 3 nitrogen and oxygen atoms in total. The van der Waals surface area contributed by atoms with Crippen molar-refractivity contribution in [2.75, 3.05) is 11.9 Å². The van der Waals surface area contributed by atoms with Crippen molar-refractivity contribution >= 4 is 21.6 Å². The average Bonchev–Trinajstić information content (AvgIpc) is 2.39. The Labute approximate surface area is 115 Å². The summed E-state index contributed by atoms with van der Waals surface area (Å²) in [5, 5.41) is 8.83. The second kappa shape index (κ2) is 5.65. The van der Waals surface area contributed by atoms with Crippen molar-refractivity contribution < 1.29 is 0 Å². The number of halogens is 1. The molecule has 0 fully saturated rings. The van der Waals surface area contributed by atoms with E-state index in [2.05, 4.69) is 37.9 Å². The highest BCUT2D eigenvalue weighted by Gasteiger charge is 2.04. The molecule has 0 bridgehead atoms. The molecular weight excluding hydrogens is 290 g/mol. The van der Waals surface area contributed by atoms with Gasteiger partial charge in [-0.1, -0.05) is 28.1 Å². The van der Waals surface area contributed by atoms with Crippen LogP contribution in [0.15, 0.2) is 47.1 Å². The Bertz CT molecular complexity index is 590. The first-order valence-corrected chi connectivity index (χ1v) is 6.30. The minimum atomic E-state index is 0.439. The van der Waals surface area contributed by atoms with Crippen molar-refractivity contribution in [2.45, 2.75) is 6.54 Å². The second-order valence-electron chi connectivity index (χ2n) is 4.00. The number of rotatable bonds is 3. The Morgan fingerprint density at radius 1 is 1.33 bits per heavy atom. The van der Waals surface area contributed by atoms with Crippen molar-refractivity contribution in [3.63, 3.8) is 0 Å². The summed E-state index contributed by atoms with van der Waals surface area (Å²) < 4.78 is 1.07. The number of anilines is 1. The monoisotopic (exact) mass is 301 g/mol. The second-order valence-corrected chi connectivity index (χ2v) is 4.91. The van der Waals surface area contributed by atoms with E-state index < -0.39 is 0 Å². The molecule has 0 aliphatic carbocycles. The summed E-state index contributed by atoms with van der Waals surface area (Å²) in [7, 11) is 2.00. The lowest BCUT2D eigenvalue weighted by molar-refractivity contribution is 0.919. The lowest BCUT2D eigenvalue weighted by Crippen LogP contribution is -2.16. The number of hydrogen-bond acceptors (Lipinski definition) is 3. The Morgan fingerprint density at radius 2 is 2.17 bits per heavy atom. The van der Waals surface area contributed by atoms with Gasteiger partial charge in [-0.25, -0.2) is 4.98 Å². The molecule has 0 N–H and O–H groups in total. The van der Waals surface area contributed by atoms with Gasteiger partial charge in [-0.15, -0.1) is 0 Å². The van der Waals surface area contributed by atoms with E-state index in [0.29, 0.717) is 5.69 Å². The minimum Gasteiger partial charge on any atom is -0.370 e. The first kappa shape index (κ1) is 12.6. The molecule has 1 aromatic heterocycles. The normalized spacial score (nSPS) is 9.83. The summed E-state index contributed by atoms with van der Waals surface area (Å²) in [5.74, 6) is 0. The van der Waals surface area contributed by atoms with E-state index >= 15 is 0 Å². The van der Waals surface area contributed by atoms with Gasteiger partial charge in [0.15, 0.2) is 0 Å². The van der Waals surface area contributed by atoms with Crippen LogP contribution in [-0.2, 0) is 6.54 Å². The van der Waals surface area contributed by atoms with Crippen molar-refractivity contribution in [1.29, 1.82) is 5.26 Å². The minimum absolute atomic E-state index is 0.439. The SMILES string of the molecule is CN(Cc1cccc(Br)c1)c1ccnc(C#N)c1. The van der Waals surface area contributed by atoms with Crippen LogP contribution >= 0.6 is 15.9 Å². The molecule has 0 unspecified atom stereocenters. The molecule has 2 aromatic rings. The number of nitrogens with zero attached hydrogens (tertiary/aromatic N) is 3. The van der Waals surface area contributed by atoms with E-state index in [1.165, 1.54) is 5.56 Å². The van der Waals surface area contributed by atoms with Crippen molar-refractivity contribution in [3.8, 4) is 6.07 Å². The molecular formula is C14H12BrN3. The molecule has 0 aliphatic rings. The van der Waals surface area contributed by atoms with E-state index in [-0.39, 0.29) is 0 Å². The van der Waals surface area contributed by atoms with Gasteiger partial charge in [-0.2, -0.15) is 5.26 Å². The van der Waals surface area contributed by atoms with Crippen LogP contribution in [0.5, 0.6) is 0 Å². The topological polar surface area (TPSA) is 39.9 Å². The highest BCUT2D eigenvalue weighted by molar-refractivity contribution is 9.10. The summed E-state index contributed by atoms with van der Waals surface area (Å²) in [6.07, 6.45) is 1.66. The largest absolute Gasteiger partial charge is 0.370 e. The van der Waals surface area contributed by atoms with Gasteiger partial charge in [0, 0.05) is 29.9 Å². The maximum Gasteiger partial charge on any atom is 0.142 e. The van der Waals surface area contributed by atoms with Crippen LogP contribution in [0.1, 0.15) is 11.3 Å². The molecule has 0 saturated carbocycles. The molecule has 0 aliphatic heterocycles. The summed E-state index contributed by atoms with van der Waals surface area (Å²) in [5.41, 5.74) is 2.64. The molecule has 4 heteroatoms. The van der Waals surface area contributed by atoms with Crippen LogP contribution in [0.3, 0.4) is 0 Å². The number of hydrogen-bond donors (Lipinski definition) is 0. The zero-order chi connectivity index (χ0) is 13.0. The highest BCUT2D eigenvalue weighted by Crippen LogP contribution is 2.17. The summed E-state index contributed by atoms with van der Waals surface area (Å²) in [4.78, 5) is 6.05. The first-order valence-electron chi connectivity index (χ1n) is 5.51. The smallest absolute Gasteiger partial charge is 0.142 e. The zero-order valence-corrected chi connectivity index (χ0v) is 11.6. The van der Waals surface area contributed by atoms with Crippen LogP contribution in [0.2, 0.25) is 0 Å². The van der Waals surface area contributed by atoms with Crippen LogP contribution in [0, 0.1) is 11.3 Å². The van der Waals surface area contributed by atoms with E-state index in [1.807, 2.05) is 31.3 Å². The van der Waals surface area contributed by atoms with Gasteiger partial charge in [0.25, 0.3) is 0 Å². The van der Waals surface area contributed by atoms with E-state index in [9.17, 15) is 0 Å². The van der Waals surface area contributed by atoms with Gasteiger partial charge in [0.1, 0.15) is 11.8 Å². The van der Waals surface area contributed by atoms with Crippen LogP contribution < -0.4 is 4.90 Å². The number of aromatic nitrogens is 1. The van der Waals surface area contributed by atoms with E-state index in [1.54, 1.807) is 12.3 Å². The molecule has 90 valence electrons. The molecule has 1 aromatic carbocycles. The fourth-order valence-corrected chi connectivity index (χ4v) is 2.17. The Balaban J connectivity index is 2.17. The molecule has 0 spiro atoms. The predicted molar refractivity (Wildman–Crippen MR) is 75.2 cm³/mol. The third-order valence-corrected chi connectivity index (χ3v) is 3.10. The predicted octanol–water partition coefficient (Wildman–Crippen LogP) is 3.35. The fraction of sp³-hybridized carbons (Fsp3) is 0.143. The number of benzene rings is 1. The van der Waals surface area contributed by atoms with Crippen molar-refractivity contribution in [3.05, 3.63) is 58.3 Å². The fourth-order valence-electron chi connectivity index (χ4n) is 1.72. The van der Waals surface area contributed by atoms with Gasteiger partial charge in [-0.05, 0) is 29.8 Å². The Kier molecular flexibility index (Phi) is 3.96. The molecule has 0 saturated heterocycles. The molecule has 1 heterocycles.